The molecule has 3 heteroatoms. The molecule has 0 aliphatic heterocycles. The summed E-state index contributed by atoms with van der Waals surface area (Å²) < 4.78 is 34.2. The third-order valence-corrected chi connectivity index (χ3v) is 8.35. The molecule has 166 valence electrons. The van der Waals surface area contributed by atoms with Gasteiger partial charge in [-0.05, 0) is 112 Å². The van der Waals surface area contributed by atoms with E-state index in [-0.39, 0.29) is 11.7 Å². The molecule has 4 rings (SSSR count). The number of benzene rings is 1. The lowest BCUT2D eigenvalue weighted by molar-refractivity contribution is 0.180. The first-order valence-electron chi connectivity index (χ1n) is 12.4. The maximum Gasteiger partial charge on any atom is 0.200 e. The van der Waals surface area contributed by atoms with Crippen LogP contribution >= 0.6 is 0 Å². The number of hydrogen-bond acceptors (Lipinski definition) is 1. The molecule has 0 saturated heterocycles. The number of fused-ring (bicyclic) bond motifs is 1. The summed E-state index contributed by atoms with van der Waals surface area (Å²) in [6, 6.07) is 3.36. The molecule has 1 aromatic rings. The average molecular weight is 417 g/mol. The lowest BCUT2D eigenvalue weighted by Crippen LogP contribution is -2.25. The van der Waals surface area contributed by atoms with Crippen LogP contribution in [0.4, 0.5) is 8.78 Å². The molecule has 30 heavy (non-hydrogen) atoms. The van der Waals surface area contributed by atoms with Gasteiger partial charge < -0.3 is 4.74 Å². The molecule has 3 saturated carbocycles. The monoisotopic (exact) mass is 416 g/mol. The van der Waals surface area contributed by atoms with Gasteiger partial charge in [0.1, 0.15) is 0 Å². The van der Waals surface area contributed by atoms with Gasteiger partial charge in [-0.2, -0.15) is 4.39 Å². The summed E-state index contributed by atoms with van der Waals surface area (Å²) in [4.78, 5) is 0. The average Bonchev–Trinajstić information content (AvgIpc) is 3.35. The van der Waals surface area contributed by atoms with Crippen molar-refractivity contribution in [3.05, 3.63) is 41.5 Å². The topological polar surface area (TPSA) is 9.23 Å². The van der Waals surface area contributed by atoms with Crippen LogP contribution in [0.25, 0.3) is 0 Å². The van der Waals surface area contributed by atoms with Gasteiger partial charge >= 0.3 is 0 Å². The predicted molar refractivity (Wildman–Crippen MR) is 119 cm³/mol. The van der Waals surface area contributed by atoms with Crippen LogP contribution in [0.1, 0.15) is 89.5 Å². The zero-order chi connectivity index (χ0) is 21.1. The van der Waals surface area contributed by atoms with Crippen molar-refractivity contribution in [3.8, 4) is 5.75 Å². The minimum Gasteiger partial charge on any atom is -0.491 e. The zero-order valence-corrected chi connectivity index (χ0v) is 18.7. The number of allylic oxidation sites excluding steroid dienone is 2. The maximum absolute atomic E-state index is 14.7. The smallest absolute Gasteiger partial charge is 0.200 e. The minimum atomic E-state index is -0.816. The van der Waals surface area contributed by atoms with E-state index in [1.807, 2.05) is 0 Å². The van der Waals surface area contributed by atoms with Gasteiger partial charge in [0.25, 0.3) is 0 Å². The highest BCUT2D eigenvalue weighted by Crippen LogP contribution is 2.56. The molecule has 0 amide bonds. The predicted octanol–water partition coefficient (Wildman–Crippen LogP) is 8.05. The summed E-state index contributed by atoms with van der Waals surface area (Å²) in [5, 5.41) is 0. The van der Waals surface area contributed by atoms with Crippen molar-refractivity contribution in [3.63, 3.8) is 0 Å². The Morgan fingerprint density at radius 1 is 0.867 bits per heavy atom. The van der Waals surface area contributed by atoms with E-state index in [1.54, 1.807) is 19.1 Å². The fourth-order valence-electron chi connectivity index (χ4n) is 6.94. The SMILES string of the molecule is CCC/C=C/C1CCC2C1CCC2C1CCC(c2ccc(OCC)c(F)c2F)CC1. The van der Waals surface area contributed by atoms with Crippen LogP contribution in [-0.2, 0) is 0 Å². The first kappa shape index (κ1) is 21.8. The fourth-order valence-corrected chi connectivity index (χ4v) is 6.94. The Hall–Kier alpha value is -1.38. The third-order valence-electron chi connectivity index (χ3n) is 8.35. The highest BCUT2D eigenvalue weighted by atomic mass is 19.2. The van der Waals surface area contributed by atoms with E-state index in [4.69, 9.17) is 4.74 Å². The highest BCUT2D eigenvalue weighted by Gasteiger charge is 2.46. The quantitative estimate of drug-likeness (QED) is 0.409. The molecule has 0 heterocycles. The Balaban J connectivity index is 1.35. The van der Waals surface area contributed by atoms with Crippen molar-refractivity contribution in [1.29, 1.82) is 0 Å². The van der Waals surface area contributed by atoms with Crippen molar-refractivity contribution in [1.82, 2.24) is 0 Å². The molecule has 3 aliphatic rings. The van der Waals surface area contributed by atoms with Gasteiger partial charge in [0.15, 0.2) is 11.6 Å². The number of unbranched alkanes of at least 4 members (excludes halogenated alkanes) is 1. The summed E-state index contributed by atoms with van der Waals surface area (Å²) in [7, 11) is 0. The van der Waals surface area contributed by atoms with Crippen LogP contribution in [0.15, 0.2) is 24.3 Å². The van der Waals surface area contributed by atoms with E-state index in [0.29, 0.717) is 12.2 Å². The molecule has 0 N–H and O–H groups in total. The van der Waals surface area contributed by atoms with Crippen molar-refractivity contribution in [2.24, 2.45) is 29.6 Å². The van der Waals surface area contributed by atoms with Crippen molar-refractivity contribution in [2.75, 3.05) is 6.61 Å². The van der Waals surface area contributed by atoms with E-state index in [0.717, 1.165) is 42.4 Å². The molecule has 4 atom stereocenters. The van der Waals surface area contributed by atoms with Crippen LogP contribution in [0.2, 0.25) is 0 Å². The standard InChI is InChI=1S/C27H38F2O/c1-3-5-6-7-18-12-13-24-21(18)14-15-22(24)19-8-10-20(11-9-19)23-16-17-25(30-4-2)27(29)26(23)28/h6-7,16-22,24H,3-5,8-15H2,1-2H3/b7-6+. The van der Waals surface area contributed by atoms with E-state index >= 15 is 0 Å². The van der Waals surface area contributed by atoms with Crippen LogP contribution in [-0.4, -0.2) is 6.61 Å². The third kappa shape index (κ3) is 4.32. The number of ether oxygens (including phenoxy) is 1. The number of hydrogen-bond donors (Lipinski definition) is 0. The van der Waals surface area contributed by atoms with Crippen LogP contribution in [0.5, 0.6) is 5.75 Å². The Bertz CT molecular complexity index is 735. The van der Waals surface area contributed by atoms with E-state index in [1.165, 1.54) is 51.4 Å². The van der Waals surface area contributed by atoms with Crippen molar-refractivity contribution >= 4 is 0 Å². The van der Waals surface area contributed by atoms with Gasteiger partial charge in [0.2, 0.25) is 5.82 Å². The molecule has 0 bridgehead atoms. The molecule has 4 unspecified atom stereocenters. The second-order valence-electron chi connectivity index (χ2n) is 9.85. The van der Waals surface area contributed by atoms with Gasteiger partial charge in [-0.25, -0.2) is 4.39 Å². The van der Waals surface area contributed by atoms with Gasteiger partial charge in [-0.3, -0.25) is 0 Å². The zero-order valence-electron chi connectivity index (χ0n) is 18.7. The summed E-state index contributed by atoms with van der Waals surface area (Å²) in [5.41, 5.74) is 0.556. The summed E-state index contributed by atoms with van der Waals surface area (Å²) in [6.07, 6.45) is 17.3. The second kappa shape index (κ2) is 9.83. The normalized spacial score (nSPS) is 33.9. The number of halogens is 2. The molecule has 1 aromatic carbocycles. The molecular formula is C27H38F2O. The first-order chi connectivity index (χ1) is 14.6. The molecular weight excluding hydrogens is 378 g/mol. The number of rotatable bonds is 7. The van der Waals surface area contributed by atoms with Gasteiger partial charge in [0.05, 0.1) is 6.61 Å². The van der Waals surface area contributed by atoms with Crippen LogP contribution in [0, 0.1) is 41.2 Å². The molecule has 0 radical (unpaired) electrons. The van der Waals surface area contributed by atoms with Gasteiger partial charge in [0, 0.05) is 0 Å². The maximum atomic E-state index is 14.7. The highest BCUT2D eigenvalue weighted by molar-refractivity contribution is 5.33. The van der Waals surface area contributed by atoms with E-state index in [9.17, 15) is 8.78 Å². The van der Waals surface area contributed by atoms with E-state index in [2.05, 4.69) is 19.1 Å². The fraction of sp³-hybridized carbons (Fsp3) is 0.704. The minimum absolute atomic E-state index is 0.0354. The Kier molecular flexibility index (Phi) is 7.16. The summed E-state index contributed by atoms with van der Waals surface area (Å²) in [6.45, 7) is 4.38. The van der Waals surface area contributed by atoms with Crippen molar-refractivity contribution < 1.29 is 13.5 Å². The Morgan fingerprint density at radius 3 is 2.33 bits per heavy atom. The molecule has 3 aliphatic carbocycles. The van der Waals surface area contributed by atoms with E-state index < -0.39 is 11.6 Å². The lowest BCUT2D eigenvalue weighted by atomic mass is 9.70. The van der Waals surface area contributed by atoms with Crippen LogP contribution in [0.3, 0.4) is 0 Å². The molecule has 0 aromatic heterocycles. The Labute approximate surface area is 181 Å². The summed E-state index contributed by atoms with van der Waals surface area (Å²) in [5.74, 6) is 2.94. The largest absolute Gasteiger partial charge is 0.491 e. The lowest BCUT2D eigenvalue weighted by Gasteiger charge is -2.35. The van der Waals surface area contributed by atoms with Gasteiger partial charge in [-0.1, -0.05) is 31.6 Å². The molecule has 0 spiro atoms. The van der Waals surface area contributed by atoms with Crippen LogP contribution < -0.4 is 4.74 Å². The first-order valence-corrected chi connectivity index (χ1v) is 12.4. The summed E-state index contributed by atoms with van der Waals surface area (Å²) >= 11 is 0. The van der Waals surface area contributed by atoms with Gasteiger partial charge in [-0.15, -0.1) is 0 Å². The van der Waals surface area contributed by atoms with Crippen molar-refractivity contribution in [2.45, 2.75) is 84.0 Å². The second-order valence-corrected chi connectivity index (χ2v) is 9.85. The molecule has 3 fully saturated rings. The Morgan fingerprint density at radius 2 is 1.60 bits per heavy atom. The molecule has 1 nitrogen and oxygen atoms in total.